The van der Waals surface area contributed by atoms with Gasteiger partial charge < -0.3 is 19.9 Å². The Morgan fingerprint density at radius 3 is 2.45 bits per heavy atom. The Labute approximate surface area is 171 Å². The van der Waals surface area contributed by atoms with E-state index in [2.05, 4.69) is 10.2 Å². The normalized spacial score (nSPS) is 21.5. The number of anilines is 1. The Morgan fingerprint density at radius 2 is 1.83 bits per heavy atom. The number of hydrogen-bond acceptors (Lipinski definition) is 6. The molecule has 160 valence electrons. The first kappa shape index (κ1) is 21.7. The second-order valence-electron chi connectivity index (χ2n) is 7.45. The van der Waals surface area contributed by atoms with Crippen LogP contribution in [0.2, 0.25) is 0 Å². The van der Waals surface area contributed by atoms with Gasteiger partial charge in [0.05, 0.1) is 17.4 Å². The maximum Gasteiger partial charge on any atom is 0.243 e. The van der Waals surface area contributed by atoms with E-state index in [9.17, 15) is 18.0 Å². The predicted molar refractivity (Wildman–Crippen MR) is 108 cm³/mol. The lowest BCUT2D eigenvalue weighted by molar-refractivity contribution is -0.128. The highest BCUT2D eigenvalue weighted by atomic mass is 32.2. The van der Waals surface area contributed by atoms with Crippen molar-refractivity contribution >= 4 is 27.5 Å². The molecule has 0 aliphatic carbocycles. The molecule has 0 saturated carbocycles. The Hall–Kier alpha value is -2.01. The fourth-order valence-electron chi connectivity index (χ4n) is 3.50. The number of likely N-dealkylation sites (N-methyl/N-ethyl adjacent to an activating group) is 1. The fourth-order valence-corrected chi connectivity index (χ4v) is 4.92. The molecule has 2 aliphatic heterocycles. The summed E-state index contributed by atoms with van der Waals surface area (Å²) in [5.74, 6) is -0.725. The van der Waals surface area contributed by atoms with Crippen molar-refractivity contribution in [2.24, 2.45) is 5.92 Å². The van der Waals surface area contributed by atoms with Crippen molar-refractivity contribution in [3.8, 4) is 0 Å². The molecule has 29 heavy (non-hydrogen) atoms. The van der Waals surface area contributed by atoms with Crippen molar-refractivity contribution in [2.75, 3.05) is 65.3 Å². The Kier molecular flexibility index (Phi) is 6.89. The fraction of sp³-hybridized carbons (Fsp3) is 0.579. The zero-order chi connectivity index (χ0) is 21.0. The molecule has 1 N–H and O–H groups in total. The first-order valence-electron chi connectivity index (χ1n) is 9.67. The van der Waals surface area contributed by atoms with Crippen molar-refractivity contribution in [3.63, 3.8) is 0 Å². The van der Waals surface area contributed by atoms with E-state index in [1.807, 2.05) is 7.05 Å². The van der Waals surface area contributed by atoms with Gasteiger partial charge in [0.15, 0.2) is 0 Å². The van der Waals surface area contributed by atoms with Crippen LogP contribution in [0.1, 0.15) is 6.42 Å². The van der Waals surface area contributed by atoms with Crippen LogP contribution in [-0.2, 0) is 24.3 Å². The average molecular weight is 425 g/mol. The van der Waals surface area contributed by atoms with Gasteiger partial charge in [-0.1, -0.05) is 0 Å². The van der Waals surface area contributed by atoms with Crippen LogP contribution in [0.15, 0.2) is 29.2 Å². The minimum Gasteiger partial charge on any atom is -0.383 e. The molecule has 1 aromatic carbocycles. The van der Waals surface area contributed by atoms with Crippen molar-refractivity contribution in [3.05, 3.63) is 24.3 Å². The Morgan fingerprint density at radius 1 is 1.17 bits per heavy atom. The summed E-state index contributed by atoms with van der Waals surface area (Å²) in [4.78, 5) is 28.4. The molecule has 2 amide bonds. The highest BCUT2D eigenvalue weighted by Gasteiger charge is 2.34. The predicted octanol–water partition coefficient (Wildman–Crippen LogP) is 0.0561. The van der Waals surface area contributed by atoms with Gasteiger partial charge in [-0.2, -0.15) is 4.31 Å². The molecule has 2 fully saturated rings. The molecule has 0 aromatic heterocycles. The number of benzene rings is 1. The molecule has 0 bridgehead atoms. The number of piperazine rings is 1. The lowest BCUT2D eigenvalue weighted by Gasteiger charge is -2.31. The number of nitrogens with one attached hydrogen (secondary N) is 1. The molecule has 2 heterocycles. The van der Waals surface area contributed by atoms with Crippen LogP contribution in [-0.4, -0.2) is 94.4 Å². The Balaban J connectivity index is 1.59. The van der Waals surface area contributed by atoms with E-state index in [1.54, 1.807) is 24.1 Å². The summed E-state index contributed by atoms with van der Waals surface area (Å²) in [5.41, 5.74) is 0.509. The molecular weight excluding hydrogens is 396 g/mol. The summed E-state index contributed by atoms with van der Waals surface area (Å²) in [6, 6.07) is 6.18. The first-order valence-corrected chi connectivity index (χ1v) is 11.1. The van der Waals surface area contributed by atoms with E-state index >= 15 is 0 Å². The maximum absolute atomic E-state index is 12.8. The summed E-state index contributed by atoms with van der Waals surface area (Å²) >= 11 is 0. The number of nitrogens with zero attached hydrogens (tertiary/aromatic N) is 3. The second kappa shape index (κ2) is 9.21. The third kappa shape index (κ3) is 5.13. The van der Waals surface area contributed by atoms with Gasteiger partial charge in [-0.15, -0.1) is 0 Å². The molecule has 1 unspecified atom stereocenters. The SMILES string of the molecule is COCCN1CC(C(=O)Nc2ccc(S(=O)(=O)N3CCN(C)CC3)cc2)CC1=O. The smallest absolute Gasteiger partial charge is 0.243 e. The number of likely N-dealkylation sites (tertiary alicyclic amines) is 1. The number of amides is 2. The number of hydrogen-bond donors (Lipinski definition) is 1. The lowest BCUT2D eigenvalue weighted by Crippen LogP contribution is -2.46. The third-order valence-corrected chi connectivity index (χ3v) is 7.29. The van der Waals surface area contributed by atoms with Gasteiger partial charge in [0.2, 0.25) is 21.8 Å². The number of sulfonamides is 1. The third-order valence-electron chi connectivity index (χ3n) is 5.37. The minimum absolute atomic E-state index is 0.0594. The van der Waals surface area contributed by atoms with Gasteiger partial charge in [0.25, 0.3) is 0 Å². The van der Waals surface area contributed by atoms with Crippen LogP contribution in [0.4, 0.5) is 5.69 Å². The summed E-state index contributed by atoms with van der Waals surface area (Å²) in [7, 11) is -0.00282. The summed E-state index contributed by atoms with van der Waals surface area (Å²) in [5, 5.41) is 2.78. The monoisotopic (exact) mass is 424 g/mol. The molecule has 1 atom stereocenters. The quantitative estimate of drug-likeness (QED) is 0.664. The van der Waals surface area contributed by atoms with Crippen LogP contribution in [0.25, 0.3) is 0 Å². The van der Waals surface area contributed by atoms with Gasteiger partial charge >= 0.3 is 0 Å². The number of methoxy groups -OCH3 is 1. The molecule has 2 aliphatic rings. The standard InChI is InChI=1S/C19H28N4O5S/c1-21-7-9-23(10-8-21)29(26,27)17-5-3-16(4-6-17)20-19(25)15-13-18(24)22(14-15)11-12-28-2/h3-6,15H,7-14H2,1-2H3,(H,20,25). The van der Waals surface area contributed by atoms with Gasteiger partial charge in [-0.3, -0.25) is 9.59 Å². The summed E-state index contributed by atoms with van der Waals surface area (Å²) < 4.78 is 32.0. The molecule has 2 saturated heterocycles. The molecule has 3 rings (SSSR count). The minimum atomic E-state index is -3.54. The van der Waals surface area contributed by atoms with Gasteiger partial charge in [0, 0.05) is 58.5 Å². The zero-order valence-corrected chi connectivity index (χ0v) is 17.7. The van der Waals surface area contributed by atoms with Crippen LogP contribution in [0.5, 0.6) is 0 Å². The van der Waals surface area contributed by atoms with Crippen molar-refractivity contribution in [1.82, 2.24) is 14.1 Å². The van der Waals surface area contributed by atoms with Crippen LogP contribution >= 0.6 is 0 Å². The van der Waals surface area contributed by atoms with Crippen LogP contribution < -0.4 is 5.32 Å². The molecule has 0 spiro atoms. The van der Waals surface area contributed by atoms with E-state index in [0.717, 1.165) is 0 Å². The largest absolute Gasteiger partial charge is 0.383 e. The number of rotatable bonds is 7. The van der Waals surface area contributed by atoms with E-state index in [4.69, 9.17) is 4.74 Å². The molecular formula is C19H28N4O5S. The summed E-state index contributed by atoms with van der Waals surface area (Å²) in [6.07, 6.45) is 0.172. The number of carbonyl (C=O) groups excluding carboxylic acids is 2. The molecule has 1 aromatic rings. The molecule has 9 nitrogen and oxygen atoms in total. The second-order valence-corrected chi connectivity index (χ2v) is 9.39. The maximum atomic E-state index is 12.8. The Bertz CT molecular complexity index is 835. The van der Waals surface area contributed by atoms with Crippen LogP contribution in [0.3, 0.4) is 0 Å². The summed E-state index contributed by atoms with van der Waals surface area (Å²) in [6.45, 7) is 3.61. The topological polar surface area (TPSA) is 99.3 Å². The van der Waals surface area contributed by atoms with E-state index in [-0.39, 0.29) is 23.1 Å². The van der Waals surface area contributed by atoms with Crippen molar-refractivity contribution in [1.29, 1.82) is 0 Å². The first-order chi connectivity index (χ1) is 13.8. The molecule has 0 radical (unpaired) electrons. The number of carbonyl (C=O) groups is 2. The highest BCUT2D eigenvalue weighted by molar-refractivity contribution is 7.89. The molecule has 10 heteroatoms. The lowest BCUT2D eigenvalue weighted by atomic mass is 10.1. The van der Waals surface area contributed by atoms with Crippen molar-refractivity contribution < 1.29 is 22.7 Å². The highest BCUT2D eigenvalue weighted by Crippen LogP contribution is 2.22. The zero-order valence-electron chi connectivity index (χ0n) is 16.8. The van der Waals surface area contributed by atoms with Gasteiger partial charge in [0.1, 0.15) is 0 Å². The van der Waals surface area contributed by atoms with Crippen molar-refractivity contribution in [2.45, 2.75) is 11.3 Å². The van der Waals surface area contributed by atoms with Gasteiger partial charge in [-0.05, 0) is 31.3 Å². The van der Waals surface area contributed by atoms with Gasteiger partial charge in [-0.25, -0.2) is 8.42 Å². The van der Waals surface area contributed by atoms with E-state index in [1.165, 1.54) is 16.4 Å². The number of ether oxygens (including phenoxy) is 1. The average Bonchev–Trinajstić information content (AvgIpc) is 3.08. The van der Waals surface area contributed by atoms with E-state index in [0.29, 0.717) is 51.6 Å². The van der Waals surface area contributed by atoms with E-state index < -0.39 is 15.9 Å². The van der Waals surface area contributed by atoms with Crippen LogP contribution in [0, 0.1) is 5.92 Å².